The average molecular weight is 349 g/mol. The van der Waals surface area contributed by atoms with Gasteiger partial charge in [0.25, 0.3) is 0 Å². The monoisotopic (exact) mass is 349 g/mol. The average Bonchev–Trinajstić information content (AvgIpc) is 3.29. The first-order valence-corrected chi connectivity index (χ1v) is 7.80. The minimum Gasteiger partial charge on any atom is -0.406 e. The molecule has 2 heterocycles. The van der Waals surface area contributed by atoms with Crippen molar-refractivity contribution < 1.29 is 17.9 Å². The Balaban J connectivity index is 1.65. The summed E-state index contributed by atoms with van der Waals surface area (Å²) in [6.07, 6.45) is -2.30. The Morgan fingerprint density at radius 1 is 1.20 bits per heavy atom. The lowest BCUT2D eigenvalue weighted by atomic mass is 10.3. The molecule has 0 unspecified atom stereocenters. The Kier molecular flexibility index (Phi) is 3.70. The number of hydrogen-bond acceptors (Lipinski definition) is 5. The van der Waals surface area contributed by atoms with Gasteiger partial charge in [-0.15, -0.1) is 18.3 Å². The third-order valence-electron chi connectivity index (χ3n) is 3.86. The standard InChI is InChI=1S/C16H14F3N5O/c17-16(18,19)25-12-3-1-2-11(8-12)24-15-13(22-23-24)6-7-14(21-15)20-9-10-4-5-10/h1-3,6-8,10H,4-5,9H2,(H,20,21). The lowest BCUT2D eigenvalue weighted by Gasteiger charge is -2.10. The van der Waals surface area contributed by atoms with Gasteiger partial charge in [-0.05, 0) is 43.0 Å². The molecule has 0 spiro atoms. The Morgan fingerprint density at radius 3 is 2.80 bits per heavy atom. The number of fused-ring (bicyclic) bond motifs is 1. The molecule has 0 atom stereocenters. The van der Waals surface area contributed by atoms with Crippen LogP contribution in [0.5, 0.6) is 5.75 Å². The van der Waals surface area contributed by atoms with Crippen LogP contribution in [0.4, 0.5) is 19.0 Å². The molecule has 0 saturated heterocycles. The van der Waals surface area contributed by atoms with E-state index in [1.54, 1.807) is 12.1 Å². The van der Waals surface area contributed by atoms with Gasteiger partial charge in [0.2, 0.25) is 0 Å². The summed E-state index contributed by atoms with van der Waals surface area (Å²) in [6.45, 7) is 0.856. The van der Waals surface area contributed by atoms with E-state index in [4.69, 9.17) is 0 Å². The van der Waals surface area contributed by atoms with Crippen molar-refractivity contribution in [1.82, 2.24) is 20.0 Å². The van der Waals surface area contributed by atoms with Gasteiger partial charge in [0, 0.05) is 12.6 Å². The third kappa shape index (κ3) is 3.65. The van der Waals surface area contributed by atoms with Crippen LogP contribution in [-0.2, 0) is 0 Å². The zero-order chi connectivity index (χ0) is 17.4. The fraction of sp³-hybridized carbons (Fsp3) is 0.312. The molecule has 1 aliphatic rings. The van der Waals surface area contributed by atoms with Gasteiger partial charge in [-0.1, -0.05) is 11.3 Å². The van der Waals surface area contributed by atoms with Crippen molar-refractivity contribution in [3.63, 3.8) is 0 Å². The molecule has 2 aromatic heterocycles. The molecule has 0 radical (unpaired) electrons. The minimum atomic E-state index is -4.75. The van der Waals surface area contributed by atoms with Crippen LogP contribution in [0.2, 0.25) is 0 Å². The van der Waals surface area contributed by atoms with Crippen LogP contribution in [0.25, 0.3) is 16.9 Å². The maximum atomic E-state index is 12.4. The van der Waals surface area contributed by atoms with Crippen molar-refractivity contribution in [1.29, 1.82) is 0 Å². The van der Waals surface area contributed by atoms with Crippen LogP contribution >= 0.6 is 0 Å². The molecule has 1 aliphatic carbocycles. The second kappa shape index (κ2) is 5.91. The van der Waals surface area contributed by atoms with E-state index in [0.717, 1.165) is 6.54 Å². The Labute approximate surface area is 140 Å². The van der Waals surface area contributed by atoms with E-state index < -0.39 is 6.36 Å². The predicted molar refractivity (Wildman–Crippen MR) is 84.6 cm³/mol. The van der Waals surface area contributed by atoms with Crippen molar-refractivity contribution in [3.05, 3.63) is 36.4 Å². The zero-order valence-corrected chi connectivity index (χ0v) is 13.0. The van der Waals surface area contributed by atoms with E-state index in [1.807, 2.05) is 6.07 Å². The minimum absolute atomic E-state index is 0.323. The number of hydrogen-bond donors (Lipinski definition) is 1. The summed E-state index contributed by atoms with van der Waals surface area (Å²) in [5, 5.41) is 11.3. The maximum absolute atomic E-state index is 12.4. The topological polar surface area (TPSA) is 64.9 Å². The molecule has 0 bridgehead atoms. The Bertz CT molecular complexity index is 904. The summed E-state index contributed by atoms with van der Waals surface area (Å²) in [5.41, 5.74) is 1.40. The molecule has 1 fully saturated rings. The van der Waals surface area contributed by atoms with Crippen LogP contribution in [0, 0.1) is 5.92 Å². The highest BCUT2D eigenvalue weighted by Gasteiger charge is 2.31. The van der Waals surface area contributed by atoms with Gasteiger partial charge in [-0.25, -0.2) is 4.98 Å². The summed E-state index contributed by atoms with van der Waals surface area (Å²) >= 11 is 0. The number of pyridine rings is 1. The number of nitrogens with one attached hydrogen (secondary N) is 1. The van der Waals surface area contributed by atoms with Gasteiger partial charge in [-0.3, -0.25) is 0 Å². The number of aromatic nitrogens is 4. The van der Waals surface area contributed by atoms with E-state index in [2.05, 4.69) is 25.3 Å². The Morgan fingerprint density at radius 2 is 2.04 bits per heavy atom. The van der Waals surface area contributed by atoms with Crippen molar-refractivity contribution in [2.24, 2.45) is 5.92 Å². The van der Waals surface area contributed by atoms with Crippen LogP contribution < -0.4 is 10.1 Å². The van der Waals surface area contributed by atoms with Gasteiger partial charge >= 0.3 is 6.36 Å². The van der Waals surface area contributed by atoms with Crippen molar-refractivity contribution in [2.45, 2.75) is 19.2 Å². The molecule has 9 heteroatoms. The van der Waals surface area contributed by atoms with Gasteiger partial charge in [0.1, 0.15) is 17.1 Å². The molecule has 25 heavy (non-hydrogen) atoms. The van der Waals surface area contributed by atoms with Gasteiger partial charge < -0.3 is 10.1 Å². The lowest BCUT2D eigenvalue weighted by Crippen LogP contribution is -2.17. The molecule has 130 valence electrons. The van der Waals surface area contributed by atoms with Gasteiger partial charge in [0.15, 0.2) is 5.65 Å². The molecule has 4 rings (SSSR count). The van der Waals surface area contributed by atoms with E-state index in [1.165, 1.54) is 35.7 Å². The van der Waals surface area contributed by atoms with Crippen molar-refractivity contribution in [2.75, 3.05) is 11.9 Å². The summed E-state index contributed by atoms with van der Waals surface area (Å²) in [5.74, 6) is 1.05. The SMILES string of the molecule is FC(F)(F)Oc1cccc(-n2nnc3ccc(NCC4CC4)nc32)c1. The maximum Gasteiger partial charge on any atom is 0.573 e. The van der Waals surface area contributed by atoms with Gasteiger partial charge in [-0.2, -0.15) is 4.68 Å². The van der Waals surface area contributed by atoms with E-state index in [9.17, 15) is 13.2 Å². The molecule has 0 aliphatic heterocycles. The number of nitrogens with zero attached hydrogens (tertiary/aromatic N) is 4. The Hall–Kier alpha value is -2.84. The molecule has 1 aromatic carbocycles. The summed E-state index contributed by atoms with van der Waals surface area (Å²) in [6, 6.07) is 9.13. The number of rotatable bonds is 5. The van der Waals surface area contributed by atoms with E-state index in [0.29, 0.717) is 28.6 Å². The van der Waals surface area contributed by atoms with Crippen LogP contribution in [0.15, 0.2) is 36.4 Å². The first-order valence-electron chi connectivity index (χ1n) is 7.80. The van der Waals surface area contributed by atoms with Crippen LogP contribution in [0.3, 0.4) is 0 Å². The second-order valence-corrected chi connectivity index (χ2v) is 5.91. The van der Waals surface area contributed by atoms with Crippen molar-refractivity contribution >= 4 is 17.0 Å². The normalized spacial score (nSPS) is 14.7. The highest BCUT2D eigenvalue weighted by atomic mass is 19.4. The van der Waals surface area contributed by atoms with Crippen LogP contribution in [-0.4, -0.2) is 32.9 Å². The van der Waals surface area contributed by atoms with Crippen LogP contribution in [0.1, 0.15) is 12.8 Å². The molecule has 3 aromatic rings. The predicted octanol–water partition coefficient (Wildman–Crippen LogP) is 3.54. The summed E-state index contributed by atoms with van der Waals surface area (Å²) < 4.78 is 42.5. The van der Waals surface area contributed by atoms with Crippen molar-refractivity contribution in [3.8, 4) is 11.4 Å². The fourth-order valence-corrected chi connectivity index (χ4v) is 2.47. The third-order valence-corrected chi connectivity index (χ3v) is 3.86. The highest BCUT2D eigenvalue weighted by molar-refractivity contribution is 5.74. The first-order chi connectivity index (χ1) is 12.0. The largest absolute Gasteiger partial charge is 0.573 e. The van der Waals surface area contributed by atoms with Gasteiger partial charge in [0.05, 0.1) is 5.69 Å². The molecule has 6 nitrogen and oxygen atoms in total. The number of halogens is 3. The smallest absolute Gasteiger partial charge is 0.406 e. The zero-order valence-electron chi connectivity index (χ0n) is 13.0. The summed E-state index contributed by atoms with van der Waals surface area (Å²) in [7, 11) is 0. The molecule has 0 amide bonds. The fourth-order valence-electron chi connectivity index (χ4n) is 2.47. The number of benzene rings is 1. The highest BCUT2D eigenvalue weighted by Crippen LogP contribution is 2.29. The second-order valence-electron chi connectivity index (χ2n) is 5.91. The number of anilines is 1. The molecular weight excluding hydrogens is 335 g/mol. The molecule has 1 saturated carbocycles. The van der Waals surface area contributed by atoms with E-state index in [-0.39, 0.29) is 5.75 Å². The lowest BCUT2D eigenvalue weighted by molar-refractivity contribution is -0.274. The number of ether oxygens (including phenoxy) is 1. The molecular formula is C16H14F3N5O. The number of alkyl halides is 3. The molecule has 1 N–H and O–H groups in total. The van der Waals surface area contributed by atoms with E-state index >= 15 is 0 Å². The summed E-state index contributed by atoms with van der Waals surface area (Å²) in [4.78, 5) is 4.48. The first kappa shape index (κ1) is 15.7. The quantitative estimate of drug-likeness (QED) is 0.763.